The number of rotatable bonds is 2. The van der Waals surface area contributed by atoms with Crippen LogP contribution in [0.3, 0.4) is 0 Å². The Morgan fingerprint density at radius 3 is 2.92 bits per heavy atom. The Labute approximate surface area is 84.1 Å². The van der Waals surface area contributed by atoms with E-state index in [1.165, 1.54) is 7.11 Å². The number of carbonyl (C=O) groups excluding carboxylic acids is 1. The normalized spacial score (nSPS) is 27.5. The smallest absolute Gasteiger partial charge is 0.305 e. The van der Waals surface area contributed by atoms with Crippen molar-refractivity contribution >= 4 is 18.4 Å². The monoisotopic (exact) mass is 209 g/mol. The highest BCUT2D eigenvalue weighted by atomic mass is 35.5. The molecule has 0 spiro atoms. The van der Waals surface area contributed by atoms with Gasteiger partial charge in [0.25, 0.3) is 0 Å². The molecular weight excluding hydrogens is 194 g/mol. The Bertz CT molecular complexity index is 165. The van der Waals surface area contributed by atoms with Crippen molar-refractivity contribution < 1.29 is 14.6 Å². The van der Waals surface area contributed by atoms with E-state index in [4.69, 9.17) is 0 Å². The highest BCUT2D eigenvalue weighted by Gasteiger charge is 2.25. The van der Waals surface area contributed by atoms with E-state index in [0.717, 1.165) is 13.0 Å². The van der Waals surface area contributed by atoms with Crippen LogP contribution in [0.2, 0.25) is 0 Å². The lowest BCUT2D eigenvalue weighted by Gasteiger charge is -2.27. The van der Waals surface area contributed by atoms with Gasteiger partial charge in [0.2, 0.25) is 0 Å². The summed E-state index contributed by atoms with van der Waals surface area (Å²) < 4.78 is 4.53. The van der Waals surface area contributed by atoms with Gasteiger partial charge in [0.05, 0.1) is 19.6 Å². The maximum Gasteiger partial charge on any atom is 0.305 e. The minimum atomic E-state index is -0.405. The Balaban J connectivity index is 0.00000144. The Kier molecular flexibility index (Phi) is 6.03. The molecule has 0 radical (unpaired) electrons. The predicted octanol–water partition coefficient (Wildman–Crippen LogP) is -0.0583. The molecule has 1 heterocycles. The van der Waals surface area contributed by atoms with Crippen molar-refractivity contribution in [3.05, 3.63) is 0 Å². The molecule has 2 unspecified atom stereocenters. The first-order chi connectivity index (χ1) is 5.74. The second-order valence-electron chi connectivity index (χ2n) is 3.10. The van der Waals surface area contributed by atoms with Crippen LogP contribution in [0.5, 0.6) is 0 Å². The second kappa shape index (κ2) is 6.18. The summed E-state index contributed by atoms with van der Waals surface area (Å²) in [6, 6.07) is 0. The topological polar surface area (TPSA) is 58.6 Å². The fraction of sp³-hybridized carbons (Fsp3) is 0.875. The number of halogens is 1. The number of methoxy groups -OCH3 is 1. The van der Waals surface area contributed by atoms with Gasteiger partial charge in [-0.25, -0.2) is 0 Å². The Morgan fingerprint density at radius 2 is 2.38 bits per heavy atom. The zero-order valence-corrected chi connectivity index (χ0v) is 8.47. The minimum absolute atomic E-state index is 0. The first-order valence-corrected chi connectivity index (χ1v) is 4.19. The minimum Gasteiger partial charge on any atom is -0.469 e. The van der Waals surface area contributed by atoms with Gasteiger partial charge in [0.15, 0.2) is 0 Å². The fourth-order valence-electron chi connectivity index (χ4n) is 1.43. The van der Waals surface area contributed by atoms with Gasteiger partial charge in [0, 0.05) is 6.54 Å². The molecule has 5 heteroatoms. The number of nitrogens with one attached hydrogen (secondary N) is 1. The summed E-state index contributed by atoms with van der Waals surface area (Å²) in [6.45, 7) is 1.46. The number of β-amino-alcohol motifs (C(OH)–C–C–N with tert-alkyl or cyclic N) is 1. The van der Waals surface area contributed by atoms with E-state index >= 15 is 0 Å². The van der Waals surface area contributed by atoms with Crippen LogP contribution in [0.25, 0.3) is 0 Å². The molecule has 0 saturated carbocycles. The van der Waals surface area contributed by atoms with E-state index in [-0.39, 0.29) is 24.3 Å². The SMILES string of the molecule is COC(=O)CC1CCNCC1O.Cl. The van der Waals surface area contributed by atoms with Crippen LogP contribution in [0.15, 0.2) is 0 Å². The van der Waals surface area contributed by atoms with Gasteiger partial charge < -0.3 is 15.2 Å². The van der Waals surface area contributed by atoms with Crippen molar-refractivity contribution in [1.82, 2.24) is 5.32 Å². The average Bonchev–Trinajstić information content (AvgIpc) is 2.09. The maximum absolute atomic E-state index is 10.9. The van der Waals surface area contributed by atoms with Gasteiger partial charge in [0.1, 0.15) is 0 Å². The number of carbonyl (C=O) groups is 1. The summed E-state index contributed by atoms with van der Waals surface area (Å²) in [7, 11) is 1.37. The third kappa shape index (κ3) is 3.93. The van der Waals surface area contributed by atoms with E-state index in [1.54, 1.807) is 0 Å². The van der Waals surface area contributed by atoms with E-state index < -0.39 is 6.10 Å². The van der Waals surface area contributed by atoms with E-state index in [9.17, 15) is 9.90 Å². The molecule has 78 valence electrons. The molecule has 0 amide bonds. The van der Waals surface area contributed by atoms with Crippen LogP contribution in [-0.2, 0) is 9.53 Å². The van der Waals surface area contributed by atoms with Crippen molar-refractivity contribution in [2.45, 2.75) is 18.9 Å². The summed E-state index contributed by atoms with van der Waals surface area (Å²) in [5, 5.41) is 12.5. The highest BCUT2D eigenvalue weighted by molar-refractivity contribution is 5.85. The number of aliphatic hydroxyl groups is 1. The van der Waals surface area contributed by atoms with Gasteiger partial charge in [-0.3, -0.25) is 4.79 Å². The van der Waals surface area contributed by atoms with Crippen molar-refractivity contribution in [2.75, 3.05) is 20.2 Å². The standard InChI is InChI=1S/C8H15NO3.ClH/c1-12-8(11)4-6-2-3-9-5-7(6)10;/h6-7,9-10H,2-5H2,1H3;1H. The van der Waals surface area contributed by atoms with Crippen molar-refractivity contribution in [3.8, 4) is 0 Å². The maximum atomic E-state index is 10.9. The summed E-state index contributed by atoms with van der Waals surface area (Å²) in [5.41, 5.74) is 0. The van der Waals surface area contributed by atoms with Crippen LogP contribution in [-0.4, -0.2) is 37.4 Å². The largest absolute Gasteiger partial charge is 0.469 e. The molecule has 2 atom stereocenters. The average molecular weight is 210 g/mol. The molecule has 13 heavy (non-hydrogen) atoms. The van der Waals surface area contributed by atoms with E-state index in [2.05, 4.69) is 10.1 Å². The fourth-order valence-corrected chi connectivity index (χ4v) is 1.43. The molecule has 2 N–H and O–H groups in total. The van der Waals surface area contributed by atoms with Gasteiger partial charge in [-0.1, -0.05) is 0 Å². The molecule has 0 aromatic carbocycles. The lowest BCUT2D eigenvalue weighted by Crippen LogP contribution is -2.41. The molecule has 1 saturated heterocycles. The first-order valence-electron chi connectivity index (χ1n) is 4.19. The van der Waals surface area contributed by atoms with Crippen molar-refractivity contribution in [2.24, 2.45) is 5.92 Å². The number of hydrogen-bond donors (Lipinski definition) is 2. The summed E-state index contributed by atoms with van der Waals surface area (Å²) in [4.78, 5) is 10.9. The molecule has 1 fully saturated rings. The lowest BCUT2D eigenvalue weighted by atomic mass is 9.92. The van der Waals surface area contributed by atoms with Gasteiger partial charge in [-0.2, -0.15) is 0 Å². The molecule has 0 bridgehead atoms. The molecular formula is C8H16ClNO3. The van der Waals surface area contributed by atoms with Gasteiger partial charge in [-0.15, -0.1) is 12.4 Å². The van der Waals surface area contributed by atoms with Crippen molar-refractivity contribution in [3.63, 3.8) is 0 Å². The number of ether oxygens (including phenoxy) is 1. The van der Waals surface area contributed by atoms with Gasteiger partial charge >= 0.3 is 5.97 Å². The number of hydrogen-bond acceptors (Lipinski definition) is 4. The van der Waals surface area contributed by atoms with Gasteiger partial charge in [-0.05, 0) is 18.9 Å². The molecule has 0 aromatic rings. The quantitative estimate of drug-likeness (QED) is 0.626. The number of piperidine rings is 1. The zero-order chi connectivity index (χ0) is 8.97. The van der Waals surface area contributed by atoms with Crippen LogP contribution in [0.4, 0.5) is 0 Å². The molecule has 1 rings (SSSR count). The third-order valence-electron chi connectivity index (χ3n) is 2.25. The van der Waals surface area contributed by atoms with Crippen LogP contribution in [0, 0.1) is 5.92 Å². The summed E-state index contributed by atoms with van der Waals surface area (Å²) in [5.74, 6) is -0.167. The highest BCUT2D eigenvalue weighted by Crippen LogP contribution is 2.16. The number of aliphatic hydroxyl groups excluding tert-OH is 1. The van der Waals surface area contributed by atoms with Crippen LogP contribution in [0.1, 0.15) is 12.8 Å². The summed E-state index contributed by atoms with van der Waals surface area (Å²) in [6.07, 6.45) is 0.771. The van der Waals surface area contributed by atoms with Crippen LogP contribution >= 0.6 is 12.4 Å². The summed E-state index contributed by atoms with van der Waals surface area (Å²) >= 11 is 0. The molecule has 0 aromatic heterocycles. The lowest BCUT2D eigenvalue weighted by molar-refractivity contribution is -0.143. The zero-order valence-electron chi connectivity index (χ0n) is 7.66. The first kappa shape index (κ1) is 12.7. The van der Waals surface area contributed by atoms with E-state index in [0.29, 0.717) is 13.0 Å². The third-order valence-corrected chi connectivity index (χ3v) is 2.25. The van der Waals surface area contributed by atoms with E-state index in [1.807, 2.05) is 0 Å². The molecule has 4 nitrogen and oxygen atoms in total. The van der Waals surface area contributed by atoms with Crippen molar-refractivity contribution in [1.29, 1.82) is 0 Å². The predicted molar refractivity (Wildman–Crippen MR) is 50.9 cm³/mol. The van der Waals surface area contributed by atoms with Crippen LogP contribution < -0.4 is 5.32 Å². The second-order valence-corrected chi connectivity index (χ2v) is 3.10. The Morgan fingerprint density at radius 1 is 1.69 bits per heavy atom. The molecule has 1 aliphatic heterocycles. The molecule has 0 aliphatic carbocycles. The number of esters is 1. The Hall–Kier alpha value is -0.320. The molecule has 1 aliphatic rings.